The molecular formula is C10H21N3O. The van der Waals surface area contributed by atoms with Crippen LogP contribution in [0.3, 0.4) is 0 Å². The minimum atomic E-state index is 0.0896. The Morgan fingerprint density at radius 2 is 2.43 bits per heavy atom. The summed E-state index contributed by atoms with van der Waals surface area (Å²) in [7, 11) is 0. The third-order valence-corrected chi connectivity index (χ3v) is 2.46. The monoisotopic (exact) mass is 199 g/mol. The standard InChI is InChI=1S/C10H21N3O/c1-3-4-5-12-10(14)13-7-6-11-9(2)8-13/h9,11H,3-8H2,1-2H3,(H,12,14)/t9-/m1/s1. The lowest BCUT2D eigenvalue weighted by Gasteiger charge is -2.31. The van der Waals surface area contributed by atoms with Gasteiger partial charge in [0.05, 0.1) is 0 Å². The molecule has 0 aliphatic carbocycles. The molecule has 0 radical (unpaired) electrons. The summed E-state index contributed by atoms with van der Waals surface area (Å²) in [4.78, 5) is 13.5. The molecular weight excluding hydrogens is 178 g/mol. The Morgan fingerprint density at radius 3 is 3.07 bits per heavy atom. The molecule has 0 saturated carbocycles. The Hall–Kier alpha value is -0.770. The van der Waals surface area contributed by atoms with Crippen LogP contribution in [-0.4, -0.2) is 43.2 Å². The van der Waals surface area contributed by atoms with E-state index in [9.17, 15) is 4.79 Å². The second-order valence-electron chi connectivity index (χ2n) is 3.89. The highest BCUT2D eigenvalue weighted by atomic mass is 16.2. The van der Waals surface area contributed by atoms with Crippen molar-refractivity contribution < 1.29 is 4.79 Å². The van der Waals surface area contributed by atoms with E-state index >= 15 is 0 Å². The van der Waals surface area contributed by atoms with Gasteiger partial charge >= 0.3 is 6.03 Å². The minimum Gasteiger partial charge on any atom is -0.338 e. The van der Waals surface area contributed by atoms with Crippen LogP contribution < -0.4 is 10.6 Å². The fourth-order valence-corrected chi connectivity index (χ4v) is 1.60. The van der Waals surface area contributed by atoms with E-state index in [-0.39, 0.29) is 6.03 Å². The predicted octanol–water partition coefficient (Wildman–Crippen LogP) is 0.790. The van der Waals surface area contributed by atoms with Gasteiger partial charge in [0.15, 0.2) is 0 Å². The zero-order valence-corrected chi connectivity index (χ0v) is 9.18. The number of carbonyl (C=O) groups excluding carboxylic acids is 1. The second-order valence-corrected chi connectivity index (χ2v) is 3.89. The van der Waals surface area contributed by atoms with Crippen molar-refractivity contribution in [3.8, 4) is 0 Å². The summed E-state index contributed by atoms with van der Waals surface area (Å²) in [6, 6.07) is 0.507. The molecule has 0 aromatic heterocycles. The first kappa shape index (κ1) is 11.3. The van der Waals surface area contributed by atoms with Gasteiger partial charge < -0.3 is 15.5 Å². The number of nitrogens with one attached hydrogen (secondary N) is 2. The highest BCUT2D eigenvalue weighted by Crippen LogP contribution is 1.98. The van der Waals surface area contributed by atoms with E-state index in [0.717, 1.165) is 39.0 Å². The summed E-state index contributed by atoms with van der Waals surface area (Å²) in [5, 5.41) is 6.25. The molecule has 1 aliphatic rings. The fraction of sp³-hybridized carbons (Fsp3) is 0.900. The van der Waals surface area contributed by atoms with Gasteiger partial charge in [0.1, 0.15) is 0 Å². The number of nitrogens with zero attached hydrogens (tertiary/aromatic N) is 1. The maximum atomic E-state index is 11.6. The van der Waals surface area contributed by atoms with E-state index in [4.69, 9.17) is 0 Å². The first-order valence-electron chi connectivity index (χ1n) is 5.50. The van der Waals surface area contributed by atoms with Gasteiger partial charge in [-0.05, 0) is 13.3 Å². The van der Waals surface area contributed by atoms with E-state index in [1.165, 1.54) is 0 Å². The largest absolute Gasteiger partial charge is 0.338 e. The van der Waals surface area contributed by atoms with E-state index in [1.807, 2.05) is 4.90 Å². The maximum Gasteiger partial charge on any atom is 0.317 e. The van der Waals surface area contributed by atoms with Crippen molar-refractivity contribution in [1.29, 1.82) is 0 Å². The fourth-order valence-electron chi connectivity index (χ4n) is 1.60. The van der Waals surface area contributed by atoms with Gasteiger partial charge in [-0.2, -0.15) is 0 Å². The SMILES string of the molecule is CCCCNC(=O)N1CCN[C@H](C)C1. The third-order valence-electron chi connectivity index (χ3n) is 2.46. The molecule has 1 fully saturated rings. The van der Waals surface area contributed by atoms with Crippen molar-refractivity contribution in [2.45, 2.75) is 32.7 Å². The summed E-state index contributed by atoms with van der Waals surface area (Å²) < 4.78 is 0. The molecule has 1 aliphatic heterocycles. The smallest absolute Gasteiger partial charge is 0.317 e. The Morgan fingerprint density at radius 1 is 1.64 bits per heavy atom. The first-order chi connectivity index (χ1) is 6.74. The van der Waals surface area contributed by atoms with Crippen molar-refractivity contribution in [2.75, 3.05) is 26.2 Å². The Bertz CT molecular complexity index is 184. The summed E-state index contributed by atoms with van der Waals surface area (Å²) in [6.45, 7) is 7.57. The summed E-state index contributed by atoms with van der Waals surface area (Å²) in [6.07, 6.45) is 2.19. The molecule has 0 aromatic carbocycles. The van der Waals surface area contributed by atoms with Crippen molar-refractivity contribution in [2.24, 2.45) is 0 Å². The van der Waals surface area contributed by atoms with E-state index in [0.29, 0.717) is 6.04 Å². The molecule has 0 spiro atoms. The molecule has 1 atom stereocenters. The van der Waals surface area contributed by atoms with Crippen molar-refractivity contribution in [1.82, 2.24) is 15.5 Å². The quantitative estimate of drug-likeness (QED) is 0.660. The molecule has 0 unspecified atom stereocenters. The Balaban J connectivity index is 2.22. The molecule has 82 valence electrons. The summed E-state index contributed by atoms with van der Waals surface area (Å²) >= 11 is 0. The van der Waals surface area contributed by atoms with Crippen LogP contribution >= 0.6 is 0 Å². The highest BCUT2D eigenvalue weighted by molar-refractivity contribution is 5.74. The molecule has 4 heteroatoms. The van der Waals surface area contributed by atoms with Crippen LogP contribution in [0, 0.1) is 0 Å². The number of piperazine rings is 1. The van der Waals surface area contributed by atoms with Gasteiger partial charge in [-0.3, -0.25) is 0 Å². The second kappa shape index (κ2) is 5.86. The van der Waals surface area contributed by atoms with Crippen molar-refractivity contribution in [3.63, 3.8) is 0 Å². The Kier molecular flexibility index (Phi) is 4.73. The van der Waals surface area contributed by atoms with Crippen LogP contribution in [0.4, 0.5) is 4.79 Å². The molecule has 2 amide bonds. The number of carbonyl (C=O) groups is 1. The predicted molar refractivity (Wildman–Crippen MR) is 57.3 cm³/mol. The maximum absolute atomic E-state index is 11.6. The van der Waals surface area contributed by atoms with Crippen LogP contribution in [0.5, 0.6) is 0 Å². The van der Waals surface area contributed by atoms with Crippen LogP contribution in [0.15, 0.2) is 0 Å². The average molecular weight is 199 g/mol. The lowest BCUT2D eigenvalue weighted by Crippen LogP contribution is -2.54. The van der Waals surface area contributed by atoms with Crippen molar-refractivity contribution in [3.05, 3.63) is 0 Å². The molecule has 4 nitrogen and oxygen atoms in total. The van der Waals surface area contributed by atoms with Gasteiger partial charge in [-0.15, -0.1) is 0 Å². The van der Waals surface area contributed by atoms with E-state index in [1.54, 1.807) is 0 Å². The molecule has 1 rings (SSSR count). The Labute approximate surface area is 86.0 Å². The topological polar surface area (TPSA) is 44.4 Å². The van der Waals surface area contributed by atoms with Crippen LogP contribution in [0.25, 0.3) is 0 Å². The number of hydrogen-bond acceptors (Lipinski definition) is 2. The molecule has 1 heterocycles. The highest BCUT2D eigenvalue weighted by Gasteiger charge is 2.19. The number of hydrogen-bond donors (Lipinski definition) is 2. The van der Waals surface area contributed by atoms with Crippen LogP contribution in [0.2, 0.25) is 0 Å². The lowest BCUT2D eigenvalue weighted by molar-refractivity contribution is 0.179. The zero-order valence-electron chi connectivity index (χ0n) is 9.18. The van der Waals surface area contributed by atoms with E-state index in [2.05, 4.69) is 24.5 Å². The van der Waals surface area contributed by atoms with Gasteiger partial charge in [-0.25, -0.2) is 4.79 Å². The lowest BCUT2D eigenvalue weighted by atomic mass is 10.2. The van der Waals surface area contributed by atoms with E-state index < -0.39 is 0 Å². The van der Waals surface area contributed by atoms with Gasteiger partial charge in [0.2, 0.25) is 0 Å². The molecule has 14 heavy (non-hydrogen) atoms. The van der Waals surface area contributed by atoms with Crippen LogP contribution in [0.1, 0.15) is 26.7 Å². The number of urea groups is 1. The molecule has 2 N–H and O–H groups in total. The van der Waals surface area contributed by atoms with Crippen LogP contribution in [-0.2, 0) is 0 Å². The van der Waals surface area contributed by atoms with Gasteiger partial charge in [0, 0.05) is 32.2 Å². The van der Waals surface area contributed by atoms with Gasteiger partial charge in [0.25, 0.3) is 0 Å². The normalized spacial score (nSPS) is 22.1. The van der Waals surface area contributed by atoms with Crippen molar-refractivity contribution >= 4 is 6.03 Å². The number of unbranched alkanes of at least 4 members (excludes halogenated alkanes) is 1. The van der Waals surface area contributed by atoms with Gasteiger partial charge in [-0.1, -0.05) is 13.3 Å². The number of rotatable bonds is 3. The molecule has 1 saturated heterocycles. The third kappa shape index (κ3) is 3.54. The average Bonchev–Trinajstić information content (AvgIpc) is 2.18. The molecule has 0 bridgehead atoms. The summed E-state index contributed by atoms with van der Waals surface area (Å²) in [5.41, 5.74) is 0. The molecule has 0 aromatic rings. The summed E-state index contributed by atoms with van der Waals surface area (Å²) in [5.74, 6) is 0. The minimum absolute atomic E-state index is 0.0896. The zero-order chi connectivity index (χ0) is 10.4. The number of amides is 2. The first-order valence-corrected chi connectivity index (χ1v) is 5.50.